The minimum absolute atomic E-state index is 0.0889. The van der Waals surface area contributed by atoms with Crippen LogP contribution in [0.2, 0.25) is 0 Å². The fourth-order valence-corrected chi connectivity index (χ4v) is 2.26. The van der Waals surface area contributed by atoms with E-state index in [2.05, 4.69) is 51.1 Å². The van der Waals surface area contributed by atoms with Gasteiger partial charge in [0, 0.05) is 0 Å². The lowest BCUT2D eigenvalue weighted by Crippen LogP contribution is -2.12. The standard InChI is InChI=1S/C19H25NO/c1-4-5-12-21-18-10-8-16(9-11-18)19(20)17-7-6-14(2)15(3)13-17/h6-11,13,19H,4-5,12,20H2,1-3H3. The molecule has 0 saturated carbocycles. The summed E-state index contributed by atoms with van der Waals surface area (Å²) in [5.41, 5.74) is 11.2. The third kappa shape index (κ3) is 4.08. The van der Waals surface area contributed by atoms with Crippen LogP contribution in [0.15, 0.2) is 42.5 Å². The van der Waals surface area contributed by atoms with Crippen molar-refractivity contribution >= 4 is 0 Å². The van der Waals surface area contributed by atoms with Gasteiger partial charge in [0.25, 0.3) is 0 Å². The molecule has 2 rings (SSSR count). The second-order valence-electron chi connectivity index (χ2n) is 5.59. The minimum Gasteiger partial charge on any atom is -0.494 e. The summed E-state index contributed by atoms with van der Waals surface area (Å²) in [5, 5.41) is 0. The van der Waals surface area contributed by atoms with E-state index in [1.54, 1.807) is 0 Å². The van der Waals surface area contributed by atoms with Gasteiger partial charge in [0.15, 0.2) is 0 Å². The third-order valence-corrected chi connectivity index (χ3v) is 3.90. The molecule has 2 aromatic carbocycles. The van der Waals surface area contributed by atoms with Crippen LogP contribution in [0.25, 0.3) is 0 Å². The average molecular weight is 283 g/mol. The molecule has 21 heavy (non-hydrogen) atoms. The van der Waals surface area contributed by atoms with Crippen LogP contribution in [0.3, 0.4) is 0 Å². The van der Waals surface area contributed by atoms with Crippen molar-refractivity contribution in [1.82, 2.24) is 0 Å². The van der Waals surface area contributed by atoms with E-state index in [4.69, 9.17) is 10.5 Å². The fourth-order valence-electron chi connectivity index (χ4n) is 2.26. The van der Waals surface area contributed by atoms with Gasteiger partial charge >= 0.3 is 0 Å². The molecule has 0 heterocycles. The Bertz CT molecular complexity index is 575. The zero-order valence-corrected chi connectivity index (χ0v) is 13.2. The summed E-state index contributed by atoms with van der Waals surface area (Å²) >= 11 is 0. The Labute approximate surface area is 127 Å². The van der Waals surface area contributed by atoms with Crippen molar-refractivity contribution in [1.29, 1.82) is 0 Å². The van der Waals surface area contributed by atoms with Crippen molar-refractivity contribution in [3.63, 3.8) is 0 Å². The number of rotatable bonds is 6. The number of hydrogen-bond acceptors (Lipinski definition) is 2. The van der Waals surface area contributed by atoms with Crippen LogP contribution in [0.1, 0.15) is 48.1 Å². The molecule has 0 aliphatic rings. The van der Waals surface area contributed by atoms with E-state index in [-0.39, 0.29) is 6.04 Å². The highest BCUT2D eigenvalue weighted by Crippen LogP contribution is 2.23. The normalized spacial score (nSPS) is 12.2. The largest absolute Gasteiger partial charge is 0.494 e. The molecule has 2 N–H and O–H groups in total. The van der Waals surface area contributed by atoms with Gasteiger partial charge in [-0.05, 0) is 54.7 Å². The van der Waals surface area contributed by atoms with E-state index in [0.717, 1.165) is 36.3 Å². The molecule has 2 aromatic rings. The maximum atomic E-state index is 6.37. The van der Waals surface area contributed by atoms with Gasteiger partial charge in [0.2, 0.25) is 0 Å². The molecule has 0 spiro atoms. The molecule has 0 fully saturated rings. The Morgan fingerprint density at radius 2 is 1.62 bits per heavy atom. The summed E-state index contributed by atoms with van der Waals surface area (Å²) in [4.78, 5) is 0. The Morgan fingerprint density at radius 3 is 2.24 bits per heavy atom. The molecule has 0 saturated heterocycles. The van der Waals surface area contributed by atoms with Gasteiger partial charge in [-0.3, -0.25) is 0 Å². The number of aryl methyl sites for hydroxylation is 2. The Morgan fingerprint density at radius 1 is 0.952 bits per heavy atom. The SMILES string of the molecule is CCCCOc1ccc(C(N)c2ccc(C)c(C)c2)cc1. The molecular formula is C19H25NO. The van der Waals surface area contributed by atoms with Crippen molar-refractivity contribution in [2.24, 2.45) is 5.73 Å². The monoisotopic (exact) mass is 283 g/mol. The first-order valence-electron chi connectivity index (χ1n) is 7.67. The number of benzene rings is 2. The molecule has 2 heteroatoms. The van der Waals surface area contributed by atoms with Crippen molar-refractivity contribution in [2.45, 2.75) is 39.7 Å². The number of unbranched alkanes of at least 4 members (excludes halogenated alkanes) is 1. The lowest BCUT2D eigenvalue weighted by Gasteiger charge is -2.15. The molecule has 1 unspecified atom stereocenters. The van der Waals surface area contributed by atoms with Crippen LogP contribution >= 0.6 is 0 Å². The van der Waals surface area contributed by atoms with Crippen LogP contribution in [0.5, 0.6) is 5.75 Å². The molecule has 112 valence electrons. The van der Waals surface area contributed by atoms with Crippen molar-refractivity contribution in [2.75, 3.05) is 6.61 Å². The Hall–Kier alpha value is -1.80. The minimum atomic E-state index is -0.0889. The van der Waals surface area contributed by atoms with Gasteiger partial charge in [-0.15, -0.1) is 0 Å². The molecular weight excluding hydrogens is 258 g/mol. The molecule has 0 bridgehead atoms. The van der Waals surface area contributed by atoms with Gasteiger partial charge in [-0.1, -0.05) is 43.7 Å². The summed E-state index contributed by atoms with van der Waals surface area (Å²) in [5.74, 6) is 0.916. The predicted octanol–water partition coefficient (Wildman–Crippen LogP) is 4.53. The molecule has 0 amide bonds. The molecule has 0 aliphatic carbocycles. The summed E-state index contributed by atoms with van der Waals surface area (Å²) in [6, 6.07) is 14.4. The van der Waals surface area contributed by atoms with E-state index < -0.39 is 0 Å². The van der Waals surface area contributed by atoms with Crippen LogP contribution in [0, 0.1) is 13.8 Å². The second-order valence-corrected chi connectivity index (χ2v) is 5.59. The predicted molar refractivity (Wildman–Crippen MR) is 88.8 cm³/mol. The second kappa shape index (κ2) is 7.28. The average Bonchev–Trinajstić information content (AvgIpc) is 2.50. The number of hydrogen-bond donors (Lipinski definition) is 1. The number of ether oxygens (including phenoxy) is 1. The Balaban J connectivity index is 2.08. The molecule has 0 aliphatic heterocycles. The van der Waals surface area contributed by atoms with Crippen molar-refractivity contribution in [3.05, 3.63) is 64.7 Å². The van der Waals surface area contributed by atoms with Gasteiger partial charge in [-0.25, -0.2) is 0 Å². The highest BCUT2D eigenvalue weighted by atomic mass is 16.5. The van der Waals surface area contributed by atoms with Crippen LogP contribution in [0.4, 0.5) is 0 Å². The fraction of sp³-hybridized carbons (Fsp3) is 0.368. The highest BCUT2D eigenvalue weighted by molar-refractivity contribution is 5.38. The summed E-state index contributed by atoms with van der Waals surface area (Å²) in [6.45, 7) is 7.18. The van der Waals surface area contributed by atoms with Crippen LogP contribution in [-0.2, 0) is 0 Å². The first kappa shape index (κ1) is 15.6. The topological polar surface area (TPSA) is 35.2 Å². The van der Waals surface area contributed by atoms with Gasteiger partial charge in [-0.2, -0.15) is 0 Å². The summed E-state index contributed by atoms with van der Waals surface area (Å²) in [6.07, 6.45) is 2.24. The van der Waals surface area contributed by atoms with E-state index in [1.807, 2.05) is 12.1 Å². The van der Waals surface area contributed by atoms with Crippen molar-refractivity contribution in [3.8, 4) is 5.75 Å². The maximum absolute atomic E-state index is 6.37. The van der Waals surface area contributed by atoms with Crippen LogP contribution in [-0.4, -0.2) is 6.61 Å². The molecule has 1 atom stereocenters. The van der Waals surface area contributed by atoms with Gasteiger partial charge in [0.05, 0.1) is 12.6 Å². The highest BCUT2D eigenvalue weighted by Gasteiger charge is 2.09. The zero-order valence-electron chi connectivity index (χ0n) is 13.2. The Kier molecular flexibility index (Phi) is 5.40. The first-order chi connectivity index (χ1) is 10.1. The zero-order chi connectivity index (χ0) is 15.2. The van der Waals surface area contributed by atoms with Crippen LogP contribution < -0.4 is 10.5 Å². The quantitative estimate of drug-likeness (QED) is 0.790. The van der Waals surface area contributed by atoms with E-state index in [9.17, 15) is 0 Å². The van der Waals surface area contributed by atoms with E-state index in [1.165, 1.54) is 11.1 Å². The molecule has 0 radical (unpaired) electrons. The van der Waals surface area contributed by atoms with E-state index in [0.29, 0.717) is 0 Å². The summed E-state index contributed by atoms with van der Waals surface area (Å²) in [7, 11) is 0. The van der Waals surface area contributed by atoms with E-state index >= 15 is 0 Å². The van der Waals surface area contributed by atoms with Gasteiger partial charge < -0.3 is 10.5 Å². The lowest BCUT2D eigenvalue weighted by molar-refractivity contribution is 0.309. The number of nitrogens with two attached hydrogens (primary N) is 1. The first-order valence-corrected chi connectivity index (χ1v) is 7.67. The summed E-state index contributed by atoms with van der Waals surface area (Å²) < 4.78 is 5.68. The third-order valence-electron chi connectivity index (χ3n) is 3.90. The lowest BCUT2D eigenvalue weighted by atomic mass is 9.96. The van der Waals surface area contributed by atoms with Crippen molar-refractivity contribution < 1.29 is 4.74 Å². The smallest absolute Gasteiger partial charge is 0.119 e. The molecule has 2 nitrogen and oxygen atoms in total. The maximum Gasteiger partial charge on any atom is 0.119 e. The van der Waals surface area contributed by atoms with Gasteiger partial charge in [0.1, 0.15) is 5.75 Å². The molecule has 0 aromatic heterocycles.